The monoisotopic (exact) mass is 369 g/mol. The highest BCUT2D eigenvalue weighted by molar-refractivity contribution is 7.90. The fourth-order valence-electron chi connectivity index (χ4n) is 3.67. The van der Waals surface area contributed by atoms with Crippen LogP contribution in [0.25, 0.3) is 16.9 Å². The summed E-state index contributed by atoms with van der Waals surface area (Å²) in [5, 5.41) is 0. The number of fused-ring (bicyclic) bond motifs is 1. The van der Waals surface area contributed by atoms with Gasteiger partial charge in [-0.1, -0.05) is 12.1 Å². The Bertz CT molecular complexity index is 1050. The molecule has 5 heteroatoms. The van der Waals surface area contributed by atoms with E-state index in [0.29, 0.717) is 4.90 Å². The minimum atomic E-state index is -3.22. The minimum Gasteiger partial charge on any atom is -0.313 e. The molecule has 1 aliphatic rings. The van der Waals surface area contributed by atoms with Crippen molar-refractivity contribution in [2.45, 2.75) is 30.6 Å². The van der Waals surface area contributed by atoms with Crippen LogP contribution in [0.2, 0.25) is 0 Å². The van der Waals surface area contributed by atoms with Gasteiger partial charge in [-0.25, -0.2) is 12.8 Å². The van der Waals surface area contributed by atoms with Gasteiger partial charge in [-0.3, -0.25) is 0 Å². The van der Waals surface area contributed by atoms with Crippen LogP contribution in [0.1, 0.15) is 24.1 Å². The number of aromatic nitrogens is 1. The molecule has 0 saturated heterocycles. The third-order valence-electron chi connectivity index (χ3n) is 4.97. The summed E-state index contributed by atoms with van der Waals surface area (Å²) < 4.78 is 39.0. The van der Waals surface area contributed by atoms with Crippen LogP contribution in [0.15, 0.2) is 59.5 Å². The number of sulfone groups is 1. The predicted molar refractivity (Wildman–Crippen MR) is 101 cm³/mol. The molecule has 0 saturated carbocycles. The Kier molecular flexibility index (Phi) is 4.19. The molecule has 26 heavy (non-hydrogen) atoms. The summed E-state index contributed by atoms with van der Waals surface area (Å²) in [6.07, 6.45) is 5.56. The van der Waals surface area contributed by atoms with Gasteiger partial charge in [0.2, 0.25) is 0 Å². The Morgan fingerprint density at radius 1 is 0.923 bits per heavy atom. The molecule has 0 fully saturated rings. The molecule has 0 bridgehead atoms. The molecule has 3 nitrogen and oxygen atoms in total. The third-order valence-corrected chi connectivity index (χ3v) is 6.09. The summed E-state index contributed by atoms with van der Waals surface area (Å²) in [7, 11) is -3.22. The van der Waals surface area contributed by atoms with Crippen LogP contribution in [0.5, 0.6) is 0 Å². The van der Waals surface area contributed by atoms with Gasteiger partial charge in [0.15, 0.2) is 9.84 Å². The molecule has 0 unspecified atom stereocenters. The van der Waals surface area contributed by atoms with Crippen LogP contribution in [0.3, 0.4) is 0 Å². The molecule has 4 rings (SSSR count). The lowest BCUT2D eigenvalue weighted by Crippen LogP contribution is -2.07. The molecule has 134 valence electrons. The topological polar surface area (TPSA) is 39.1 Å². The second-order valence-electron chi connectivity index (χ2n) is 6.82. The van der Waals surface area contributed by atoms with Crippen molar-refractivity contribution in [3.63, 3.8) is 0 Å². The number of hydrogen-bond acceptors (Lipinski definition) is 2. The summed E-state index contributed by atoms with van der Waals surface area (Å²) in [6, 6.07) is 15.7. The van der Waals surface area contributed by atoms with Crippen molar-refractivity contribution in [3.05, 3.63) is 71.7 Å². The number of benzene rings is 2. The first-order chi connectivity index (χ1) is 12.4. The normalized spacial score (nSPS) is 14.2. The van der Waals surface area contributed by atoms with E-state index in [4.69, 9.17) is 0 Å². The van der Waals surface area contributed by atoms with Gasteiger partial charge >= 0.3 is 0 Å². The van der Waals surface area contributed by atoms with E-state index < -0.39 is 9.84 Å². The van der Waals surface area contributed by atoms with Crippen LogP contribution in [0, 0.1) is 5.82 Å². The molecule has 1 aromatic heterocycles. The van der Waals surface area contributed by atoms with Crippen molar-refractivity contribution >= 4 is 9.84 Å². The Morgan fingerprint density at radius 3 is 2.23 bits per heavy atom. The van der Waals surface area contributed by atoms with Crippen molar-refractivity contribution in [1.29, 1.82) is 0 Å². The van der Waals surface area contributed by atoms with Crippen molar-refractivity contribution in [2.24, 2.45) is 0 Å². The van der Waals surface area contributed by atoms with E-state index in [-0.39, 0.29) is 5.82 Å². The first-order valence-electron chi connectivity index (χ1n) is 8.73. The fourth-order valence-corrected chi connectivity index (χ4v) is 4.30. The van der Waals surface area contributed by atoms with E-state index in [9.17, 15) is 12.8 Å². The SMILES string of the molecule is CS(=O)(=O)c1ccc(-c2cc3c(n2-c2ccc(F)cc2)CCCC3)cc1. The maximum Gasteiger partial charge on any atom is 0.175 e. The van der Waals surface area contributed by atoms with E-state index in [1.165, 1.54) is 36.1 Å². The predicted octanol–water partition coefficient (Wildman–Crippen LogP) is 4.57. The summed E-state index contributed by atoms with van der Waals surface area (Å²) >= 11 is 0. The van der Waals surface area contributed by atoms with Gasteiger partial charge in [0.1, 0.15) is 5.82 Å². The van der Waals surface area contributed by atoms with Crippen molar-refractivity contribution < 1.29 is 12.8 Å². The number of halogens is 1. The second kappa shape index (κ2) is 6.40. The zero-order valence-electron chi connectivity index (χ0n) is 14.6. The van der Waals surface area contributed by atoms with Crippen molar-refractivity contribution in [3.8, 4) is 16.9 Å². The van der Waals surface area contributed by atoms with Gasteiger partial charge in [0.05, 0.1) is 10.6 Å². The Labute approximate surface area is 153 Å². The molecular weight excluding hydrogens is 349 g/mol. The van der Waals surface area contributed by atoms with E-state index in [2.05, 4.69) is 10.6 Å². The van der Waals surface area contributed by atoms with Gasteiger partial charge in [-0.05, 0) is 79.3 Å². The molecule has 0 N–H and O–H groups in total. The third kappa shape index (κ3) is 3.07. The largest absolute Gasteiger partial charge is 0.313 e. The Morgan fingerprint density at radius 2 is 1.58 bits per heavy atom. The van der Waals surface area contributed by atoms with Crippen molar-refractivity contribution in [1.82, 2.24) is 4.57 Å². The molecule has 1 heterocycles. The quantitative estimate of drug-likeness (QED) is 0.679. The molecule has 0 atom stereocenters. The lowest BCUT2D eigenvalue weighted by molar-refractivity contribution is 0.602. The van der Waals surface area contributed by atoms with Crippen LogP contribution < -0.4 is 0 Å². The standard InChI is InChI=1S/C21H20FNO2S/c1-26(24,25)19-12-6-15(7-13-19)21-14-16-4-2-3-5-20(16)23(21)18-10-8-17(22)9-11-18/h6-14H,2-5H2,1H3. The molecule has 0 spiro atoms. The van der Waals surface area contributed by atoms with Gasteiger partial charge in [0.25, 0.3) is 0 Å². The first kappa shape index (κ1) is 17.0. The minimum absolute atomic E-state index is 0.256. The lowest BCUT2D eigenvalue weighted by atomic mass is 9.98. The van der Waals surface area contributed by atoms with Crippen LogP contribution in [0.4, 0.5) is 4.39 Å². The number of nitrogens with zero attached hydrogens (tertiary/aromatic N) is 1. The van der Waals surface area contributed by atoms with E-state index in [0.717, 1.165) is 36.2 Å². The highest BCUT2D eigenvalue weighted by Crippen LogP contribution is 2.34. The summed E-state index contributed by atoms with van der Waals surface area (Å²) in [5.74, 6) is -0.256. The van der Waals surface area contributed by atoms with E-state index >= 15 is 0 Å². The molecular formula is C21H20FNO2S. The average Bonchev–Trinajstić information content (AvgIpc) is 3.01. The average molecular weight is 369 g/mol. The highest BCUT2D eigenvalue weighted by atomic mass is 32.2. The smallest absolute Gasteiger partial charge is 0.175 e. The Hall–Kier alpha value is -2.40. The summed E-state index contributed by atoms with van der Waals surface area (Å²) in [5.41, 5.74) is 5.49. The first-order valence-corrected chi connectivity index (χ1v) is 10.6. The molecule has 2 aromatic carbocycles. The highest BCUT2D eigenvalue weighted by Gasteiger charge is 2.20. The van der Waals surface area contributed by atoms with Gasteiger partial charge in [0, 0.05) is 17.6 Å². The zero-order chi connectivity index (χ0) is 18.3. The van der Waals surface area contributed by atoms with Gasteiger partial charge in [-0.15, -0.1) is 0 Å². The van der Waals surface area contributed by atoms with Crippen molar-refractivity contribution in [2.75, 3.05) is 6.26 Å². The van der Waals surface area contributed by atoms with Gasteiger partial charge < -0.3 is 4.57 Å². The fraction of sp³-hybridized carbons (Fsp3) is 0.238. The maximum absolute atomic E-state index is 13.4. The van der Waals surface area contributed by atoms with Crippen LogP contribution in [-0.2, 0) is 22.7 Å². The summed E-state index contributed by atoms with van der Waals surface area (Å²) in [4.78, 5) is 0.311. The van der Waals surface area contributed by atoms with Gasteiger partial charge in [-0.2, -0.15) is 0 Å². The molecule has 1 aliphatic carbocycles. The molecule has 0 radical (unpaired) electrons. The zero-order valence-corrected chi connectivity index (χ0v) is 15.4. The lowest BCUT2D eigenvalue weighted by Gasteiger charge is -2.17. The summed E-state index contributed by atoms with van der Waals surface area (Å²) in [6.45, 7) is 0. The second-order valence-corrected chi connectivity index (χ2v) is 8.83. The maximum atomic E-state index is 13.4. The number of hydrogen-bond donors (Lipinski definition) is 0. The molecule has 0 aliphatic heterocycles. The molecule has 3 aromatic rings. The van der Waals surface area contributed by atoms with Crippen LogP contribution >= 0.6 is 0 Å². The van der Waals surface area contributed by atoms with E-state index in [1.807, 2.05) is 12.1 Å². The molecule has 0 amide bonds. The van der Waals surface area contributed by atoms with E-state index in [1.54, 1.807) is 24.3 Å². The van der Waals surface area contributed by atoms with Crippen LogP contribution in [-0.4, -0.2) is 19.2 Å². The number of rotatable bonds is 3. The Balaban J connectivity index is 1.88. The number of aryl methyl sites for hydroxylation is 1.